The van der Waals surface area contributed by atoms with E-state index in [0.717, 1.165) is 5.56 Å². The Bertz CT molecular complexity index is 987. The van der Waals surface area contributed by atoms with E-state index in [1.807, 2.05) is 12.1 Å². The van der Waals surface area contributed by atoms with Crippen molar-refractivity contribution in [3.05, 3.63) is 64.7 Å². The topological polar surface area (TPSA) is 64.7 Å². The molecule has 6 nitrogen and oxygen atoms in total. The summed E-state index contributed by atoms with van der Waals surface area (Å²) in [5, 5.41) is 10.7. The van der Waals surface area contributed by atoms with Crippen LogP contribution >= 0.6 is 11.6 Å². The fourth-order valence-electron chi connectivity index (χ4n) is 2.66. The molecule has 0 saturated carbocycles. The third-order valence-corrected chi connectivity index (χ3v) is 4.39. The molecule has 29 heavy (non-hydrogen) atoms. The van der Waals surface area contributed by atoms with Gasteiger partial charge in [-0.15, -0.1) is 0 Å². The molecule has 0 spiro atoms. The summed E-state index contributed by atoms with van der Waals surface area (Å²) in [5.74, 6) is -0.693. The van der Waals surface area contributed by atoms with Crippen molar-refractivity contribution in [3.8, 4) is 0 Å². The van der Waals surface area contributed by atoms with Crippen LogP contribution in [0.15, 0.2) is 42.7 Å². The molecular formula is C18H16ClF4N5O. The van der Waals surface area contributed by atoms with Crippen LogP contribution in [0.2, 0.25) is 5.02 Å². The summed E-state index contributed by atoms with van der Waals surface area (Å²) in [5.41, 5.74) is -0.297. The number of carbonyl (C=O) groups excluding carboxylic acids is 1. The van der Waals surface area contributed by atoms with Gasteiger partial charge >= 0.3 is 0 Å². The van der Waals surface area contributed by atoms with Crippen LogP contribution in [0, 0.1) is 0 Å². The Hall–Kier alpha value is -2.88. The first-order valence-corrected chi connectivity index (χ1v) is 8.85. The quantitative estimate of drug-likeness (QED) is 0.546. The van der Waals surface area contributed by atoms with E-state index in [1.165, 1.54) is 13.1 Å². The van der Waals surface area contributed by atoms with Crippen molar-refractivity contribution in [2.45, 2.75) is 32.4 Å². The van der Waals surface area contributed by atoms with Gasteiger partial charge in [0, 0.05) is 11.2 Å². The maximum absolute atomic E-state index is 13.1. The summed E-state index contributed by atoms with van der Waals surface area (Å²) in [6.45, 7) is 1.72. The smallest absolute Gasteiger partial charge is 0.282 e. The Morgan fingerprint density at radius 2 is 1.86 bits per heavy atom. The Kier molecular flexibility index (Phi) is 6.21. The lowest BCUT2D eigenvalue weighted by Gasteiger charge is -2.14. The van der Waals surface area contributed by atoms with Crippen LogP contribution in [-0.4, -0.2) is 25.5 Å². The molecule has 0 saturated heterocycles. The molecule has 11 heteroatoms. The molecule has 1 aromatic carbocycles. The molecule has 1 atom stereocenters. The summed E-state index contributed by atoms with van der Waals surface area (Å²) in [6.07, 6.45) is -3.12. The van der Waals surface area contributed by atoms with Crippen molar-refractivity contribution in [2.24, 2.45) is 0 Å². The highest BCUT2D eigenvalue weighted by molar-refractivity contribution is 6.30. The Balaban J connectivity index is 1.70. The number of halogens is 5. The van der Waals surface area contributed by atoms with Crippen molar-refractivity contribution in [2.75, 3.05) is 5.32 Å². The number of benzene rings is 1. The van der Waals surface area contributed by atoms with Crippen LogP contribution in [0.3, 0.4) is 0 Å². The highest BCUT2D eigenvalue weighted by atomic mass is 35.5. The van der Waals surface area contributed by atoms with Crippen molar-refractivity contribution in [1.29, 1.82) is 0 Å². The zero-order valence-electron chi connectivity index (χ0n) is 15.1. The van der Waals surface area contributed by atoms with Crippen LogP contribution in [0.1, 0.15) is 42.8 Å². The number of alkyl halides is 4. The van der Waals surface area contributed by atoms with Gasteiger partial charge in [0.25, 0.3) is 12.9 Å². The van der Waals surface area contributed by atoms with E-state index in [0.29, 0.717) is 28.0 Å². The molecule has 1 unspecified atom stereocenters. The van der Waals surface area contributed by atoms with Gasteiger partial charge in [0.1, 0.15) is 17.4 Å². The van der Waals surface area contributed by atoms with E-state index in [2.05, 4.69) is 15.5 Å². The fraction of sp³-hybridized carbons (Fsp3) is 0.278. The first kappa shape index (κ1) is 20.8. The van der Waals surface area contributed by atoms with E-state index in [9.17, 15) is 22.4 Å². The van der Waals surface area contributed by atoms with Gasteiger partial charge in [0.05, 0.1) is 18.4 Å². The average molecular weight is 430 g/mol. The second-order valence-corrected chi connectivity index (χ2v) is 6.69. The predicted molar refractivity (Wildman–Crippen MR) is 98.3 cm³/mol. The standard InChI is InChI=1S/C18H16ClF4N5O/c1-10(28-15(17(22)23)6-14(26-28)16(20)21)18(29)25-13-7-24-27(9-13)8-11-2-4-12(19)5-3-11/h2-7,9-10,16-17H,8H2,1H3,(H,25,29). The van der Waals surface area contributed by atoms with E-state index < -0.39 is 36.2 Å². The zero-order valence-corrected chi connectivity index (χ0v) is 15.8. The number of rotatable bonds is 7. The fourth-order valence-corrected chi connectivity index (χ4v) is 2.78. The largest absolute Gasteiger partial charge is 0.322 e. The molecule has 1 N–H and O–H groups in total. The van der Waals surface area contributed by atoms with Gasteiger partial charge in [0.2, 0.25) is 5.91 Å². The van der Waals surface area contributed by atoms with E-state index in [4.69, 9.17) is 11.6 Å². The summed E-state index contributed by atoms with van der Waals surface area (Å²) in [6, 6.07) is 6.50. The Morgan fingerprint density at radius 3 is 2.48 bits per heavy atom. The molecule has 3 aromatic rings. The molecule has 2 heterocycles. The van der Waals surface area contributed by atoms with Crippen LogP contribution in [0.5, 0.6) is 0 Å². The van der Waals surface area contributed by atoms with Gasteiger partial charge < -0.3 is 5.32 Å². The van der Waals surface area contributed by atoms with E-state index in [1.54, 1.807) is 23.0 Å². The van der Waals surface area contributed by atoms with Gasteiger partial charge in [0.15, 0.2) is 0 Å². The lowest BCUT2D eigenvalue weighted by Crippen LogP contribution is -2.25. The molecule has 1 amide bonds. The maximum Gasteiger partial charge on any atom is 0.282 e. The number of nitrogens with zero attached hydrogens (tertiary/aromatic N) is 4. The molecule has 3 rings (SSSR count). The molecule has 0 aliphatic heterocycles. The normalized spacial score (nSPS) is 12.6. The van der Waals surface area contributed by atoms with Crippen molar-refractivity contribution in [1.82, 2.24) is 19.6 Å². The Labute approximate surface area is 168 Å². The molecule has 0 aliphatic carbocycles. The van der Waals surface area contributed by atoms with Crippen LogP contribution in [0.25, 0.3) is 0 Å². The molecule has 2 aromatic heterocycles. The van der Waals surface area contributed by atoms with Crippen LogP contribution in [0.4, 0.5) is 23.2 Å². The number of aromatic nitrogens is 4. The third-order valence-electron chi connectivity index (χ3n) is 4.14. The number of amides is 1. The molecule has 0 radical (unpaired) electrons. The molecular weight excluding hydrogens is 414 g/mol. The minimum Gasteiger partial charge on any atom is -0.322 e. The van der Waals surface area contributed by atoms with Crippen LogP contribution in [-0.2, 0) is 11.3 Å². The lowest BCUT2D eigenvalue weighted by molar-refractivity contribution is -0.119. The molecule has 0 bridgehead atoms. The van der Waals surface area contributed by atoms with Gasteiger partial charge in [-0.1, -0.05) is 23.7 Å². The number of anilines is 1. The SMILES string of the molecule is CC(C(=O)Nc1cnn(Cc2ccc(Cl)cc2)c1)n1nc(C(F)F)cc1C(F)F. The highest BCUT2D eigenvalue weighted by Crippen LogP contribution is 2.27. The second kappa shape index (κ2) is 8.64. The summed E-state index contributed by atoms with van der Waals surface area (Å²) in [4.78, 5) is 12.4. The summed E-state index contributed by atoms with van der Waals surface area (Å²) in [7, 11) is 0. The van der Waals surface area contributed by atoms with Crippen molar-refractivity contribution < 1.29 is 22.4 Å². The minimum atomic E-state index is -3.05. The predicted octanol–water partition coefficient (Wildman–Crippen LogP) is 4.86. The van der Waals surface area contributed by atoms with Crippen LogP contribution < -0.4 is 5.32 Å². The third kappa shape index (κ3) is 4.94. The lowest BCUT2D eigenvalue weighted by atomic mass is 10.2. The van der Waals surface area contributed by atoms with Gasteiger partial charge in [-0.3, -0.25) is 14.2 Å². The van der Waals surface area contributed by atoms with Crippen molar-refractivity contribution >= 4 is 23.2 Å². The monoisotopic (exact) mass is 429 g/mol. The van der Waals surface area contributed by atoms with E-state index in [-0.39, 0.29) is 0 Å². The molecule has 0 fully saturated rings. The summed E-state index contributed by atoms with van der Waals surface area (Å²) < 4.78 is 54.0. The van der Waals surface area contributed by atoms with Gasteiger partial charge in [-0.25, -0.2) is 17.6 Å². The minimum absolute atomic E-state index is 0.329. The van der Waals surface area contributed by atoms with Gasteiger partial charge in [-0.05, 0) is 30.7 Å². The first-order valence-electron chi connectivity index (χ1n) is 8.48. The number of carbonyl (C=O) groups is 1. The Morgan fingerprint density at radius 1 is 1.17 bits per heavy atom. The van der Waals surface area contributed by atoms with Gasteiger partial charge in [-0.2, -0.15) is 10.2 Å². The number of hydrogen-bond donors (Lipinski definition) is 1. The number of hydrogen-bond acceptors (Lipinski definition) is 3. The maximum atomic E-state index is 13.1. The van der Waals surface area contributed by atoms with E-state index >= 15 is 0 Å². The number of nitrogens with one attached hydrogen (secondary N) is 1. The average Bonchev–Trinajstić information content (AvgIpc) is 3.30. The molecule has 154 valence electrons. The second-order valence-electron chi connectivity index (χ2n) is 6.26. The summed E-state index contributed by atoms with van der Waals surface area (Å²) >= 11 is 5.84. The zero-order chi connectivity index (χ0) is 21.1. The van der Waals surface area contributed by atoms with Crippen molar-refractivity contribution in [3.63, 3.8) is 0 Å². The molecule has 0 aliphatic rings. The highest BCUT2D eigenvalue weighted by Gasteiger charge is 2.27. The first-order chi connectivity index (χ1) is 13.7.